The molecular weight excluding hydrogens is 368 g/mol. The number of amides is 1. The summed E-state index contributed by atoms with van der Waals surface area (Å²) in [7, 11) is 1.59. The largest absolute Gasteiger partial charge is 0.497 e. The van der Waals surface area contributed by atoms with E-state index in [0.717, 1.165) is 11.3 Å². The molecule has 0 radical (unpaired) electrons. The van der Waals surface area contributed by atoms with Crippen molar-refractivity contribution < 1.29 is 23.5 Å². The number of fused-ring (bicyclic) bond motifs is 1. The first kappa shape index (κ1) is 17.7. The molecule has 1 aromatic carbocycles. The van der Waals surface area contributed by atoms with Gasteiger partial charge in [-0.15, -0.1) is 11.8 Å². The van der Waals surface area contributed by atoms with E-state index in [1.54, 1.807) is 31.4 Å². The van der Waals surface area contributed by atoms with Crippen LogP contribution in [-0.4, -0.2) is 41.1 Å². The number of methoxy groups -OCH3 is 1. The van der Waals surface area contributed by atoms with E-state index in [1.807, 2.05) is 12.1 Å². The molecule has 140 valence electrons. The number of ether oxygens (including phenoxy) is 2. The molecule has 27 heavy (non-hydrogen) atoms. The van der Waals surface area contributed by atoms with E-state index in [4.69, 9.17) is 19.6 Å². The summed E-state index contributed by atoms with van der Waals surface area (Å²) in [5.74, 6) is 0.934. The van der Waals surface area contributed by atoms with Gasteiger partial charge in [0, 0.05) is 11.3 Å². The van der Waals surface area contributed by atoms with Crippen LogP contribution < -0.4 is 10.5 Å². The summed E-state index contributed by atoms with van der Waals surface area (Å²) in [6.45, 7) is 0.0870. The van der Waals surface area contributed by atoms with E-state index in [9.17, 15) is 9.59 Å². The van der Waals surface area contributed by atoms with Crippen molar-refractivity contribution in [1.82, 2.24) is 4.90 Å². The highest BCUT2D eigenvalue weighted by atomic mass is 32.2. The Morgan fingerprint density at radius 1 is 1.33 bits per heavy atom. The lowest BCUT2D eigenvalue weighted by molar-refractivity contribution is -0.151. The Bertz CT molecular complexity index is 891. The lowest BCUT2D eigenvalue weighted by Crippen LogP contribution is -2.68. The Balaban J connectivity index is 1.58. The molecule has 0 saturated carbocycles. The Morgan fingerprint density at radius 2 is 2.11 bits per heavy atom. The highest BCUT2D eigenvalue weighted by Gasteiger charge is 2.52. The van der Waals surface area contributed by atoms with Gasteiger partial charge in [-0.25, -0.2) is 4.79 Å². The number of carbonyl (C=O) groups is 2. The van der Waals surface area contributed by atoms with Crippen molar-refractivity contribution in [3.8, 4) is 5.75 Å². The van der Waals surface area contributed by atoms with Crippen LogP contribution in [-0.2, 0) is 20.9 Å². The Hall–Kier alpha value is -2.71. The van der Waals surface area contributed by atoms with Gasteiger partial charge in [0.05, 0.1) is 13.4 Å². The van der Waals surface area contributed by atoms with Crippen LogP contribution in [0.15, 0.2) is 52.8 Å². The number of nitrogens with two attached hydrogens (primary N) is 1. The minimum absolute atomic E-state index is 0.0870. The second-order valence-corrected chi connectivity index (χ2v) is 7.27. The lowest BCUT2D eigenvalue weighted by Gasteiger charge is -2.48. The zero-order valence-electron chi connectivity index (χ0n) is 14.6. The zero-order chi connectivity index (χ0) is 19.0. The maximum atomic E-state index is 12.9. The third-order valence-electron chi connectivity index (χ3n) is 4.55. The molecule has 8 heteroatoms. The molecular formula is C19H18N2O5S. The molecule has 3 heterocycles. The van der Waals surface area contributed by atoms with Crippen LogP contribution in [0.4, 0.5) is 0 Å². The van der Waals surface area contributed by atoms with Gasteiger partial charge in [-0.3, -0.25) is 9.69 Å². The molecule has 1 amide bonds. The first-order valence-corrected chi connectivity index (χ1v) is 9.42. The van der Waals surface area contributed by atoms with Gasteiger partial charge >= 0.3 is 5.97 Å². The second kappa shape index (κ2) is 7.13. The minimum atomic E-state index is -0.600. The van der Waals surface area contributed by atoms with E-state index in [2.05, 4.69) is 0 Å². The highest BCUT2D eigenvalue weighted by Crippen LogP contribution is 2.43. The van der Waals surface area contributed by atoms with E-state index in [0.29, 0.717) is 17.1 Å². The number of hydrogen-bond donors (Lipinski definition) is 1. The molecule has 1 aromatic heterocycles. The summed E-state index contributed by atoms with van der Waals surface area (Å²) >= 11 is 1.51. The molecule has 7 nitrogen and oxygen atoms in total. The van der Waals surface area contributed by atoms with E-state index >= 15 is 0 Å². The third-order valence-corrected chi connectivity index (χ3v) is 5.85. The summed E-state index contributed by atoms with van der Waals surface area (Å²) < 4.78 is 16.0. The quantitative estimate of drug-likeness (QED) is 0.620. The van der Waals surface area contributed by atoms with Crippen molar-refractivity contribution in [3.05, 3.63) is 59.7 Å². The maximum Gasteiger partial charge on any atom is 0.355 e. The smallest absolute Gasteiger partial charge is 0.355 e. The summed E-state index contributed by atoms with van der Waals surface area (Å²) in [6, 6.07) is 10.1. The summed E-state index contributed by atoms with van der Waals surface area (Å²) in [5, 5.41) is -0.250. The fourth-order valence-corrected chi connectivity index (χ4v) is 4.38. The van der Waals surface area contributed by atoms with Gasteiger partial charge in [-0.1, -0.05) is 12.1 Å². The van der Waals surface area contributed by atoms with Gasteiger partial charge in [0.1, 0.15) is 35.2 Å². The average molecular weight is 386 g/mol. The van der Waals surface area contributed by atoms with Crippen LogP contribution in [0.5, 0.6) is 5.75 Å². The molecule has 0 aliphatic carbocycles. The fraction of sp³-hybridized carbons (Fsp3) is 0.263. The highest BCUT2D eigenvalue weighted by molar-refractivity contribution is 8.00. The zero-order valence-corrected chi connectivity index (χ0v) is 15.4. The molecule has 4 rings (SSSR count). The van der Waals surface area contributed by atoms with E-state index in [1.165, 1.54) is 22.9 Å². The summed E-state index contributed by atoms with van der Waals surface area (Å²) in [4.78, 5) is 26.5. The van der Waals surface area contributed by atoms with Gasteiger partial charge in [-0.2, -0.15) is 0 Å². The number of benzene rings is 1. The van der Waals surface area contributed by atoms with Crippen molar-refractivity contribution >= 4 is 29.2 Å². The summed E-state index contributed by atoms with van der Waals surface area (Å²) in [5.41, 5.74) is 7.55. The second-order valence-electron chi connectivity index (χ2n) is 6.16. The fourth-order valence-electron chi connectivity index (χ4n) is 3.08. The van der Waals surface area contributed by atoms with Crippen molar-refractivity contribution in [2.45, 2.75) is 18.0 Å². The number of carbonyl (C=O) groups excluding carboxylic acids is 2. The Morgan fingerprint density at radius 3 is 2.78 bits per heavy atom. The van der Waals surface area contributed by atoms with Crippen LogP contribution in [0.2, 0.25) is 0 Å². The standard InChI is InChI=1S/C19H18N2O5S/c1-24-12-6-4-11(5-7-12)9-26-19(23)16-13(14-3-2-8-25-14)10-27-18-15(20)17(22)21(16)18/h2-8,15,18H,9-10,20H2,1H3/t15-,18+/m0/s1. The van der Waals surface area contributed by atoms with Crippen LogP contribution in [0.25, 0.3) is 5.57 Å². The predicted molar refractivity (Wildman–Crippen MR) is 99.5 cm³/mol. The number of hydrogen-bond acceptors (Lipinski definition) is 7. The van der Waals surface area contributed by atoms with E-state index in [-0.39, 0.29) is 23.6 Å². The number of rotatable bonds is 5. The molecule has 1 fully saturated rings. The van der Waals surface area contributed by atoms with Gasteiger partial charge in [0.2, 0.25) is 5.91 Å². The summed E-state index contributed by atoms with van der Waals surface area (Å²) in [6.07, 6.45) is 1.53. The average Bonchev–Trinajstić information content (AvgIpc) is 3.25. The molecule has 2 N–H and O–H groups in total. The lowest BCUT2D eigenvalue weighted by atomic mass is 10.0. The predicted octanol–water partition coefficient (Wildman–Crippen LogP) is 1.99. The number of nitrogens with zero attached hydrogens (tertiary/aromatic N) is 1. The van der Waals surface area contributed by atoms with Crippen molar-refractivity contribution in [3.63, 3.8) is 0 Å². The SMILES string of the molecule is COc1ccc(COC(=O)C2=C(c3ccco3)CS[C@@H]3[C@@H](N)C(=O)N23)cc1. The molecule has 2 aromatic rings. The monoisotopic (exact) mass is 386 g/mol. The topological polar surface area (TPSA) is 95.0 Å². The number of β-lactam (4-membered cyclic amide) rings is 1. The molecule has 2 aliphatic rings. The maximum absolute atomic E-state index is 12.9. The first-order valence-electron chi connectivity index (χ1n) is 8.37. The number of thioether (sulfide) groups is 1. The molecule has 0 unspecified atom stereocenters. The third kappa shape index (κ3) is 3.11. The van der Waals surface area contributed by atoms with Gasteiger partial charge in [0.25, 0.3) is 0 Å². The van der Waals surface area contributed by atoms with Gasteiger partial charge < -0.3 is 19.6 Å². The van der Waals surface area contributed by atoms with Crippen molar-refractivity contribution in [1.29, 1.82) is 0 Å². The molecule has 1 saturated heterocycles. The Labute approximate surface area is 160 Å². The first-order chi connectivity index (χ1) is 13.1. The molecule has 0 spiro atoms. The van der Waals surface area contributed by atoms with E-state index < -0.39 is 12.0 Å². The Kier molecular flexibility index (Phi) is 4.67. The van der Waals surface area contributed by atoms with Crippen LogP contribution in [0, 0.1) is 0 Å². The van der Waals surface area contributed by atoms with Crippen LogP contribution in [0.1, 0.15) is 11.3 Å². The van der Waals surface area contributed by atoms with Gasteiger partial charge in [0.15, 0.2) is 0 Å². The minimum Gasteiger partial charge on any atom is -0.497 e. The molecule has 0 bridgehead atoms. The number of furan rings is 1. The van der Waals surface area contributed by atoms with Crippen molar-refractivity contribution in [2.75, 3.05) is 12.9 Å². The van der Waals surface area contributed by atoms with Crippen molar-refractivity contribution in [2.24, 2.45) is 5.73 Å². The van der Waals surface area contributed by atoms with Crippen LogP contribution >= 0.6 is 11.8 Å². The molecule has 2 atom stereocenters. The molecule has 2 aliphatic heterocycles. The number of esters is 1. The van der Waals surface area contributed by atoms with Crippen LogP contribution in [0.3, 0.4) is 0 Å². The normalized spacial score (nSPS) is 21.6. The van der Waals surface area contributed by atoms with Gasteiger partial charge in [-0.05, 0) is 29.8 Å².